The molecule has 14 heavy (non-hydrogen) atoms. The summed E-state index contributed by atoms with van der Waals surface area (Å²) in [5.41, 5.74) is 1.37. The van der Waals surface area contributed by atoms with E-state index in [1.807, 2.05) is 12.1 Å². The molecule has 1 rings (SSSR count). The number of halogens is 1. The Morgan fingerprint density at radius 2 is 1.64 bits per heavy atom. The van der Waals surface area contributed by atoms with Crippen LogP contribution in [-0.4, -0.2) is 41.0 Å². The summed E-state index contributed by atoms with van der Waals surface area (Å²) in [5.74, 6) is 0. The van der Waals surface area contributed by atoms with Gasteiger partial charge in [-0.2, -0.15) is 30.3 Å². The maximum absolute atomic E-state index is 3.02. The Morgan fingerprint density at radius 3 is 2.07 bits per heavy atom. The third-order valence-corrected chi connectivity index (χ3v) is 2.09. The van der Waals surface area contributed by atoms with Gasteiger partial charge in [-0.1, -0.05) is 13.8 Å². The Morgan fingerprint density at radius 1 is 1.14 bits per heavy atom. The summed E-state index contributed by atoms with van der Waals surface area (Å²) < 4.78 is 0. The molecule has 1 nitrogen and oxygen atoms in total. The molecular formula is C11H16BrMgN. The molecule has 0 heterocycles. The molecule has 0 aromatic heterocycles. The van der Waals surface area contributed by atoms with Gasteiger partial charge < -0.3 is 21.9 Å². The van der Waals surface area contributed by atoms with Crippen molar-refractivity contribution in [3.8, 4) is 0 Å². The SMILES string of the molecule is CCN(CC)Cc1cc[c-]cc1.[Br-].[Mg+2]. The maximum atomic E-state index is 3.02. The van der Waals surface area contributed by atoms with Gasteiger partial charge in [-0.05, 0) is 13.1 Å². The van der Waals surface area contributed by atoms with Crippen LogP contribution in [0.5, 0.6) is 0 Å². The molecule has 0 radical (unpaired) electrons. The van der Waals surface area contributed by atoms with Crippen LogP contribution < -0.4 is 17.0 Å². The molecular weight excluding hydrogens is 250 g/mol. The Kier molecular flexibility index (Phi) is 12.0. The molecule has 0 atom stereocenters. The van der Waals surface area contributed by atoms with Crippen LogP contribution in [0.3, 0.4) is 0 Å². The van der Waals surface area contributed by atoms with Crippen molar-refractivity contribution in [1.82, 2.24) is 4.90 Å². The van der Waals surface area contributed by atoms with Crippen molar-refractivity contribution in [1.29, 1.82) is 0 Å². The van der Waals surface area contributed by atoms with E-state index in [-0.39, 0.29) is 40.0 Å². The van der Waals surface area contributed by atoms with Crippen molar-refractivity contribution >= 4 is 23.1 Å². The minimum atomic E-state index is 0. The van der Waals surface area contributed by atoms with E-state index < -0.39 is 0 Å². The van der Waals surface area contributed by atoms with E-state index in [0.717, 1.165) is 19.6 Å². The van der Waals surface area contributed by atoms with Gasteiger partial charge in [0.1, 0.15) is 0 Å². The average Bonchev–Trinajstić information content (AvgIpc) is 2.16. The second-order valence-corrected chi connectivity index (χ2v) is 2.87. The molecule has 0 aliphatic rings. The Hall–Kier alpha value is 0.426. The van der Waals surface area contributed by atoms with Gasteiger partial charge in [-0.3, -0.25) is 0 Å². The third-order valence-electron chi connectivity index (χ3n) is 2.09. The first-order valence-corrected chi connectivity index (χ1v) is 4.54. The molecule has 0 amide bonds. The Bertz CT molecular complexity index is 212. The predicted molar refractivity (Wildman–Crippen MR) is 57.7 cm³/mol. The normalized spacial score (nSPS) is 9.07. The summed E-state index contributed by atoms with van der Waals surface area (Å²) in [4.78, 5) is 2.40. The van der Waals surface area contributed by atoms with Crippen LogP contribution in [0.4, 0.5) is 0 Å². The van der Waals surface area contributed by atoms with E-state index in [0.29, 0.717) is 0 Å². The topological polar surface area (TPSA) is 3.24 Å². The van der Waals surface area contributed by atoms with Crippen molar-refractivity contribution in [3.63, 3.8) is 0 Å². The number of hydrogen-bond donors (Lipinski definition) is 0. The monoisotopic (exact) mass is 265 g/mol. The van der Waals surface area contributed by atoms with Gasteiger partial charge in [-0.15, -0.1) is 5.56 Å². The molecule has 1 aromatic carbocycles. The van der Waals surface area contributed by atoms with E-state index in [9.17, 15) is 0 Å². The molecule has 1 aromatic rings. The van der Waals surface area contributed by atoms with Crippen molar-refractivity contribution < 1.29 is 17.0 Å². The fraction of sp³-hybridized carbons (Fsp3) is 0.455. The minimum absolute atomic E-state index is 0. The van der Waals surface area contributed by atoms with Crippen molar-refractivity contribution in [2.75, 3.05) is 13.1 Å². The quantitative estimate of drug-likeness (QED) is 0.497. The van der Waals surface area contributed by atoms with Crippen LogP contribution in [0.2, 0.25) is 0 Å². The second kappa shape index (κ2) is 9.96. The van der Waals surface area contributed by atoms with Crippen molar-refractivity contribution in [2.24, 2.45) is 0 Å². The van der Waals surface area contributed by atoms with E-state index in [1.165, 1.54) is 5.56 Å². The summed E-state index contributed by atoms with van der Waals surface area (Å²) in [6.07, 6.45) is 0. The summed E-state index contributed by atoms with van der Waals surface area (Å²) >= 11 is 0. The average molecular weight is 266 g/mol. The fourth-order valence-corrected chi connectivity index (χ4v) is 1.23. The van der Waals surface area contributed by atoms with Gasteiger partial charge >= 0.3 is 23.1 Å². The zero-order valence-electron chi connectivity index (χ0n) is 8.96. The zero-order chi connectivity index (χ0) is 8.81. The standard InChI is InChI=1S/C11H16N.BrH.Mg/c1-3-12(4-2)10-11-8-6-5-7-9-11;;/h6-9H,3-4,10H2,1-2H3;1H;/q-1;;+2/p-1. The second-order valence-electron chi connectivity index (χ2n) is 2.87. The zero-order valence-corrected chi connectivity index (χ0v) is 12.0. The Labute approximate surface area is 114 Å². The first-order chi connectivity index (χ1) is 5.86. The summed E-state index contributed by atoms with van der Waals surface area (Å²) in [6, 6.07) is 11.2. The molecule has 0 saturated heterocycles. The number of rotatable bonds is 4. The van der Waals surface area contributed by atoms with Gasteiger partial charge in [0.15, 0.2) is 0 Å². The van der Waals surface area contributed by atoms with Gasteiger partial charge in [0.05, 0.1) is 0 Å². The number of benzene rings is 1. The largest absolute Gasteiger partial charge is 2.00 e. The molecule has 0 saturated carbocycles. The van der Waals surface area contributed by atoms with E-state index in [1.54, 1.807) is 0 Å². The van der Waals surface area contributed by atoms with Crippen molar-refractivity contribution in [2.45, 2.75) is 20.4 Å². The summed E-state index contributed by atoms with van der Waals surface area (Å²) in [5, 5.41) is 0. The maximum Gasteiger partial charge on any atom is 2.00 e. The first-order valence-electron chi connectivity index (χ1n) is 4.54. The van der Waals surface area contributed by atoms with Gasteiger partial charge in [0.25, 0.3) is 0 Å². The molecule has 0 spiro atoms. The number of nitrogens with zero attached hydrogens (tertiary/aromatic N) is 1. The van der Waals surface area contributed by atoms with E-state index in [2.05, 4.69) is 36.9 Å². The summed E-state index contributed by atoms with van der Waals surface area (Å²) in [7, 11) is 0. The molecule has 0 aliphatic heterocycles. The fourth-order valence-electron chi connectivity index (χ4n) is 1.23. The molecule has 0 unspecified atom stereocenters. The molecule has 0 aliphatic carbocycles. The van der Waals surface area contributed by atoms with E-state index >= 15 is 0 Å². The van der Waals surface area contributed by atoms with Crippen LogP contribution in [-0.2, 0) is 6.54 Å². The van der Waals surface area contributed by atoms with Crippen LogP contribution in [0, 0.1) is 6.07 Å². The minimum Gasteiger partial charge on any atom is -1.00 e. The summed E-state index contributed by atoms with van der Waals surface area (Å²) in [6.45, 7) is 7.68. The van der Waals surface area contributed by atoms with Crippen LogP contribution in [0.25, 0.3) is 0 Å². The van der Waals surface area contributed by atoms with Crippen LogP contribution in [0.15, 0.2) is 24.3 Å². The smallest absolute Gasteiger partial charge is 1.00 e. The molecule has 0 N–H and O–H groups in total. The molecule has 74 valence electrons. The van der Waals surface area contributed by atoms with Gasteiger partial charge in [0.2, 0.25) is 0 Å². The van der Waals surface area contributed by atoms with E-state index in [4.69, 9.17) is 0 Å². The van der Waals surface area contributed by atoms with Crippen LogP contribution in [0.1, 0.15) is 19.4 Å². The first kappa shape index (κ1) is 16.8. The van der Waals surface area contributed by atoms with Gasteiger partial charge in [0, 0.05) is 6.54 Å². The third kappa shape index (κ3) is 6.01. The molecule has 0 bridgehead atoms. The molecule has 3 heteroatoms. The number of hydrogen-bond acceptors (Lipinski definition) is 1. The van der Waals surface area contributed by atoms with Gasteiger partial charge in [-0.25, -0.2) is 0 Å². The Balaban J connectivity index is 0. The van der Waals surface area contributed by atoms with Crippen LogP contribution >= 0.6 is 0 Å². The molecule has 0 fully saturated rings. The predicted octanol–water partition coefficient (Wildman–Crippen LogP) is -1.05. The van der Waals surface area contributed by atoms with Crippen molar-refractivity contribution in [3.05, 3.63) is 35.9 Å².